The van der Waals surface area contributed by atoms with Gasteiger partial charge < -0.3 is 0 Å². The van der Waals surface area contributed by atoms with Crippen LogP contribution >= 0.6 is 45.2 Å². The lowest BCUT2D eigenvalue weighted by atomic mass is 9.01. The maximum atomic E-state index is 2.78. The van der Waals surface area contributed by atoms with Crippen molar-refractivity contribution in [3.05, 3.63) is 0 Å². The summed E-state index contributed by atoms with van der Waals surface area (Å²) in [6.07, 6.45) is 0. The normalized spacial score (nSPS) is 104. The Labute approximate surface area is 86.8 Å². The summed E-state index contributed by atoms with van der Waals surface area (Å²) >= 11 is 5.56. The number of alkyl halides is 2. The molecule has 52 valence electrons. The van der Waals surface area contributed by atoms with Gasteiger partial charge in [-0.05, 0) is 35.5 Å². The lowest BCUT2D eigenvalue weighted by Gasteiger charge is -3.09. The summed E-state index contributed by atoms with van der Waals surface area (Å²) in [4.78, 5) is 0. The Morgan fingerprint density at radius 3 is 1.00 bits per heavy atom. The van der Waals surface area contributed by atoms with Crippen molar-refractivity contribution in [1.82, 2.24) is 0 Å². The first-order valence-corrected chi connectivity index (χ1v) is 6.27. The largest absolute Gasteiger partial charge is 0.0779 e. The zero-order chi connectivity index (χ0) is 6.46. The van der Waals surface area contributed by atoms with Gasteiger partial charge in [0, 0.05) is 6.84 Å². The molecule has 0 aromatic rings. The fourth-order valence-corrected chi connectivity index (χ4v) is 9.91. The van der Waals surface area contributed by atoms with Gasteiger partial charge in [-0.2, -0.15) is 0 Å². The van der Waals surface area contributed by atoms with E-state index in [-0.39, 0.29) is 0 Å². The summed E-state index contributed by atoms with van der Waals surface area (Å²) < 4.78 is 1.81. The molecule has 6 rings (SSSR count). The van der Waals surface area contributed by atoms with E-state index in [4.69, 9.17) is 0 Å². The molecule has 0 spiro atoms. The van der Waals surface area contributed by atoms with Gasteiger partial charge in [-0.15, -0.1) is 0 Å². The molecule has 0 bridgehead atoms. The van der Waals surface area contributed by atoms with E-state index in [2.05, 4.69) is 45.2 Å². The van der Waals surface area contributed by atoms with Crippen LogP contribution in [-0.2, 0) is 0 Å². The number of rotatable bonds is 0. The molecule has 6 aliphatic carbocycles. The van der Waals surface area contributed by atoms with E-state index in [9.17, 15) is 0 Å². The third kappa shape index (κ3) is 0.179. The molecule has 0 N–H and O–H groups in total. The second-order valence-corrected chi connectivity index (χ2v) is 8.55. The van der Waals surface area contributed by atoms with Crippen molar-refractivity contribution in [3.63, 3.8) is 0 Å². The Morgan fingerprint density at radius 2 is 0.800 bits per heavy atom. The highest BCUT2D eigenvalue weighted by atomic mass is 127. The highest BCUT2D eigenvalue weighted by Crippen LogP contribution is 3.07. The summed E-state index contributed by atoms with van der Waals surface area (Å²) in [6.45, 7) is 0. The van der Waals surface area contributed by atoms with Crippen LogP contribution in [0, 0.1) is 35.5 Å². The van der Waals surface area contributed by atoms with Crippen molar-refractivity contribution in [1.29, 1.82) is 0 Å². The first-order valence-electron chi connectivity index (χ1n) is 4.11. The minimum atomic E-state index is 0.907. The van der Waals surface area contributed by atoms with Gasteiger partial charge in [0.1, 0.15) is 0 Å². The third-order valence-electron chi connectivity index (χ3n) is 5.39. The van der Waals surface area contributed by atoms with Gasteiger partial charge in [0.15, 0.2) is 0 Å². The quantitative estimate of drug-likeness (QED) is 0.461. The fourth-order valence-electron chi connectivity index (χ4n) is 5.26. The summed E-state index contributed by atoms with van der Waals surface area (Å²) in [5.74, 6) is 7.36. The molecule has 0 nitrogen and oxygen atoms in total. The maximum absolute atomic E-state index is 2.78. The highest BCUT2D eigenvalue weighted by molar-refractivity contribution is 14.1. The van der Waals surface area contributed by atoms with E-state index < -0.39 is 0 Å². The Hall–Kier alpha value is 1.46. The molecular weight excluding hydrogens is 350 g/mol. The SMILES string of the molecule is IC12C3C4C1C1C2C3C41I. The van der Waals surface area contributed by atoms with Crippen LogP contribution in [0.25, 0.3) is 0 Å². The van der Waals surface area contributed by atoms with Crippen LogP contribution in [0.2, 0.25) is 0 Å². The van der Waals surface area contributed by atoms with Crippen molar-refractivity contribution in [2.75, 3.05) is 0 Å². The molecule has 0 atom stereocenters. The summed E-state index contributed by atoms with van der Waals surface area (Å²) in [6, 6.07) is 0. The van der Waals surface area contributed by atoms with Gasteiger partial charge >= 0.3 is 0 Å². The monoisotopic (exact) mass is 356 g/mol. The number of hydrogen-bond donors (Lipinski definition) is 0. The van der Waals surface area contributed by atoms with Crippen LogP contribution in [0.5, 0.6) is 0 Å². The fraction of sp³-hybridized carbons (Fsp3) is 1.00. The first kappa shape index (κ1) is 5.25. The van der Waals surface area contributed by atoms with E-state index in [1.165, 1.54) is 35.5 Å². The Bertz CT molecular complexity index is 212. The van der Waals surface area contributed by atoms with E-state index in [0.29, 0.717) is 0 Å². The molecule has 0 unspecified atom stereocenters. The Balaban J connectivity index is 1.87. The van der Waals surface area contributed by atoms with Gasteiger partial charge in [0.2, 0.25) is 0 Å². The molecule has 0 radical (unpaired) electrons. The molecule has 6 fully saturated rings. The minimum absolute atomic E-state index is 0.907. The van der Waals surface area contributed by atoms with Crippen LogP contribution in [0.15, 0.2) is 0 Å². The summed E-state index contributed by atoms with van der Waals surface area (Å²) in [7, 11) is 0. The van der Waals surface area contributed by atoms with Crippen molar-refractivity contribution in [2.24, 2.45) is 35.5 Å². The van der Waals surface area contributed by atoms with E-state index in [0.717, 1.165) is 6.84 Å². The summed E-state index contributed by atoms with van der Waals surface area (Å²) in [5, 5.41) is 0. The van der Waals surface area contributed by atoms with Crippen molar-refractivity contribution in [2.45, 2.75) is 6.84 Å². The molecule has 6 saturated carbocycles. The Kier molecular flexibility index (Phi) is 0.496. The Morgan fingerprint density at radius 1 is 0.600 bits per heavy atom. The van der Waals surface area contributed by atoms with Crippen LogP contribution in [0.4, 0.5) is 0 Å². The number of halogens is 2. The van der Waals surface area contributed by atoms with Gasteiger partial charge in [-0.25, -0.2) is 0 Å². The molecule has 0 heterocycles. The summed E-state index contributed by atoms with van der Waals surface area (Å²) in [5.41, 5.74) is 0. The van der Waals surface area contributed by atoms with Gasteiger partial charge in [-0.1, -0.05) is 45.2 Å². The second-order valence-electron chi connectivity index (χ2n) is 4.81. The lowest BCUT2D eigenvalue weighted by molar-refractivity contribution is -0.510. The smallest absolute Gasteiger partial charge is 0.0326 e. The van der Waals surface area contributed by atoms with Crippen LogP contribution in [-0.4, -0.2) is 6.84 Å². The van der Waals surface area contributed by atoms with Crippen molar-refractivity contribution in [3.8, 4) is 0 Å². The van der Waals surface area contributed by atoms with E-state index in [1.807, 2.05) is 0 Å². The molecule has 0 amide bonds. The zero-order valence-electron chi connectivity index (χ0n) is 5.22. The molecule has 0 aromatic heterocycles. The predicted molar refractivity (Wildman–Crippen MR) is 54.4 cm³/mol. The molecule has 6 aliphatic rings. The molecule has 2 heteroatoms. The number of hydrogen-bond acceptors (Lipinski definition) is 0. The van der Waals surface area contributed by atoms with Crippen molar-refractivity contribution < 1.29 is 0 Å². The first-order chi connectivity index (χ1) is 4.73. The predicted octanol–water partition coefficient (Wildman–Crippen LogP) is 2.10. The molecular formula is C8H6I2. The van der Waals surface area contributed by atoms with Gasteiger partial charge in [-0.3, -0.25) is 0 Å². The van der Waals surface area contributed by atoms with Crippen LogP contribution < -0.4 is 0 Å². The van der Waals surface area contributed by atoms with E-state index >= 15 is 0 Å². The molecule has 0 aromatic carbocycles. The minimum Gasteiger partial charge on any atom is -0.0779 e. The molecule has 0 saturated heterocycles. The van der Waals surface area contributed by atoms with E-state index in [1.54, 1.807) is 0 Å². The van der Waals surface area contributed by atoms with Gasteiger partial charge in [0.25, 0.3) is 0 Å². The maximum Gasteiger partial charge on any atom is 0.0326 e. The third-order valence-corrected chi connectivity index (χ3v) is 9.70. The van der Waals surface area contributed by atoms with Crippen molar-refractivity contribution >= 4 is 45.2 Å². The molecule has 0 aliphatic heterocycles. The van der Waals surface area contributed by atoms with Crippen LogP contribution in [0.3, 0.4) is 0 Å². The standard InChI is InChI=1S/C8H6I2/c9-7-1-2-4(7)6-5(7)3(1)8(2,6)10/h1-6H. The average molecular weight is 356 g/mol. The lowest BCUT2D eigenvalue weighted by Crippen LogP contribution is -3.12. The highest BCUT2D eigenvalue weighted by Gasteiger charge is 3.09. The molecule has 10 heavy (non-hydrogen) atoms. The topological polar surface area (TPSA) is 0 Å². The average Bonchev–Trinajstić information content (AvgIpc) is 1.99. The van der Waals surface area contributed by atoms with Crippen LogP contribution in [0.1, 0.15) is 0 Å². The van der Waals surface area contributed by atoms with Gasteiger partial charge in [0.05, 0.1) is 0 Å². The zero-order valence-corrected chi connectivity index (χ0v) is 9.54. The second kappa shape index (κ2) is 0.946.